The van der Waals surface area contributed by atoms with Gasteiger partial charge in [0.25, 0.3) is 0 Å². The highest BCUT2D eigenvalue weighted by atomic mass is 35.5. The van der Waals surface area contributed by atoms with Crippen LogP contribution in [-0.2, 0) is 16.0 Å². The highest BCUT2D eigenvalue weighted by molar-refractivity contribution is 7.15. The van der Waals surface area contributed by atoms with Crippen molar-refractivity contribution in [1.82, 2.24) is 0 Å². The lowest BCUT2D eigenvalue weighted by Crippen LogP contribution is -2.15. The van der Waals surface area contributed by atoms with Gasteiger partial charge in [-0.3, -0.25) is 4.79 Å². The van der Waals surface area contributed by atoms with Gasteiger partial charge in [-0.25, -0.2) is 4.79 Å². The van der Waals surface area contributed by atoms with Gasteiger partial charge in [0.15, 0.2) is 0 Å². The van der Waals surface area contributed by atoms with Gasteiger partial charge >= 0.3 is 5.97 Å². The van der Waals surface area contributed by atoms with E-state index in [1.807, 2.05) is 47.8 Å². The number of halogens is 1. The molecule has 0 aliphatic rings. The van der Waals surface area contributed by atoms with Gasteiger partial charge in [-0.15, -0.1) is 11.3 Å². The zero-order chi connectivity index (χ0) is 21.5. The minimum Gasteiger partial charge on any atom is -0.497 e. The van der Waals surface area contributed by atoms with E-state index < -0.39 is 5.97 Å². The quantitative estimate of drug-likeness (QED) is 0.445. The Morgan fingerprint density at radius 1 is 1.13 bits per heavy atom. The Morgan fingerprint density at radius 2 is 1.90 bits per heavy atom. The van der Waals surface area contributed by atoms with Crippen molar-refractivity contribution in [2.45, 2.75) is 19.8 Å². The number of anilines is 1. The number of hydrogen-bond acceptors (Lipinski definition) is 5. The summed E-state index contributed by atoms with van der Waals surface area (Å²) < 4.78 is 10.4. The number of esters is 1. The summed E-state index contributed by atoms with van der Waals surface area (Å²) in [6.45, 7) is 2.00. The zero-order valence-corrected chi connectivity index (χ0v) is 18.3. The Hall–Kier alpha value is -2.83. The molecule has 3 rings (SSSR count). The van der Waals surface area contributed by atoms with E-state index in [0.717, 1.165) is 16.9 Å². The third-order valence-corrected chi connectivity index (χ3v) is 5.58. The molecule has 0 spiro atoms. The molecule has 3 aromatic rings. The van der Waals surface area contributed by atoms with Crippen molar-refractivity contribution in [2.75, 3.05) is 19.0 Å². The van der Waals surface area contributed by atoms with Gasteiger partial charge in [-0.05, 0) is 48.7 Å². The summed E-state index contributed by atoms with van der Waals surface area (Å²) in [5, 5.41) is 5.84. The first-order chi connectivity index (χ1) is 14.5. The van der Waals surface area contributed by atoms with Gasteiger partial charge in [0.05, 0.1) is 13.7 Å². The maximum Gasteiger partial charge on any atom is 0.341 e. The average Bonchev–Trinajstić information content (AvgIpc) is 3.16. The number of rotatable bonds is 8. The molecule has 2 aromatic carbocycles. The minimum atomic E-state index is -0.463. The van der Waals surface area contributed by atoms with E-state index in [-0.39, 0.29) is 18.9 Å². The number of ether oxygens (including phenoxy) is 2. The molecule has 1 heterocycles. The fourth-order valence-corrected chi connectivity index (χ4v) is 4.16. The molecule has 0 saturated heterocycles. The number of nitrogens with one attached hydrogen (secondary N) is 1. The van der Waals surface area contributed by atoms with Crippen LogP contribution in [0.1, 0.15) is 29.3 Å². The third kappa shape index (κ3) is 5.40. The van der Waals surface area contributed by atoms with Crippen molar-refractivity contribution in [2.24, 2.45) is 0 Å². The van der Waals surface area contributed by atoms with Crippen LogP contribution < -0.4 is 10.1 Å². The van der Waals surface area contributed by atoms with E-state index in [4.69, 9.17) is 21.1 Å². The minimum absolute atomic E-state index is 0.177. The fraction of sp³-hybridized carbons (Fsp3) is 0.217. The topological polar surface area (TPSA) is 64.6 Å². The molecular formula is C23H22ClNO4S. The Labute approximate surface area is 184 Å². The number of methoxy groups -OCH3 is 1. The SMILES string of the molecule is CCOC(=O)c1c(-c2ccc(OC)cc2)csc1NC(=O)CCc1cccc(Cl)c1. The predicted octanol–water partition coefficient (Wildman–Crippen LogP) is 5.83. The van der Waals surface area contributed by atoms with Crippen LogP contribution in [0.4, 0.5) is 5.00 Å². The van der Waals surface area contributed by atoms with Gasteiger partial charge < -0.3 is 14.8 Å². The number of hydrogen-bond donors (Lipinski definition) is 1. The summed E-state index contributed by atoms with van der Waals surface area (Å²) in [4.78, 5) is 25.2. The molecule has 1 amide bonds. The van der Waals surface area contributed by atoms with Crippen molar-refractivity contribution >= 4 is 39.8 Å². The summed E-state index contributed by atoms with van der Waals surface area (Å²) in [5.41, 5.74) is 2.90. The van der Waals surface area contributed by atoms with Crippen LogP contribution in [0.3, 0.4) is 0 Å². The zero-order valence-electron chi connectivity index (χ0n) is 16.7. The van der Waals surface area contributed by atoms with Crippen LogP contribution >= 0.6 is 22.9 Å². The van der Waals surface area contributed by atoms with Crippen molar-refractivity contribution < 1.29 is 19.1 Å². The molecule has 5 nitrogen and oxygen atoms in total. The lowest BCUT2D eigenvalue weighted by Gasteiger charge is -2.09. The first-order valence-electron chi connectivity index (χ1n) is 9.49. The lowest BCUT2D eigenvalue weighted by atomic mass is 10.0. The summed E-state index contributed by atoms with van der Waals surface area (Å²) in [5.74, 6) is 0.0829. The second-order valence-corrected chi connectivity index (χ2v) is 7.80. The molecule has 1 aromatic heterocycles. The Bertz CT molecular complexity index is 1030. The predicted molar refractivity (Wildman–Crippen MR) is 121 cm³/mol. The highest BCUT2D eigenvalue weighted by Crippen LogP contribution is 2.37. The van der Waals surface area contributed by atoms with Crippen molar-refractivity contribution in [3.63, 3.8) is 0 Å². The molecule has 0 atom stereocenters. The molecule has 7 heteroatoms. The van der Waals surface area contributed by atoms with Gasteiger partial charge in [0.2, 0.25) is 5.91 Å². The van der Waals surface area contributed by atoms with E-state index in [0.29, 0.717) is 27.6 Å². The second kappa shape index (κ2) is 10.3. The highest BCUT2D eigenvalue weighted by Gasteiger charge is 2.22. The number of carbonyl (C=O) groups excluding carboxylic acids is 2. The van der Waals surface area contributed by atoms with E-state index in [1.165, 1.54) is 11.3 Å². The van der Waals surface area contributed by atoms with Crippen LogP contribution in [0, 0.1) is 0 Å². The van der Waals surface area contributed by atoms with Crippen LogP contribution in [0.5, 0.6) is 5.75 Å². The second-order valence-electron chi connectivity index (χ2n) is 6.48. The molecule has 0 aliphatic heterocycles. The van der Waals surface area contributed by atoms with Crippen LogP contribution in [0.2, 0.25) is 5.02 Å². The van der Waals surface area contributed by atoms with Crippen LogP contribution in [-0.4, -0.2) is 25.6 Å². The maximum atomic E-state index is 12.6. The fourth-order valence-electron chi connectivity index (χ4n) is 2.98. The van der Waals surface area contributed by atoms with E-state index in [9.17, 15) is 9.59 Å². The van der Waals surface area contributed by atoms with Gasteiger partial charge in [-0.2, -0.15) is 0 Å². The van der Waals surface area contributed by atoms with E-state index in [2.05, 4.69) is 5.32 Å². The molecule has 0 radical (unpaired) electrons. The average molecular weight is 444 g/mol. The molecule has 0 saturated carbocycles. The van der Waals surface area contributed by atoms with Gasteiger partial charge in [-0.1, -0.05) is 35.9 Å². The Balaban J connectivity index is 1.80. The normalized spacial score (nSPS) is 10.5. The van der Waals surface area contributed by atoms with Crippen LogP contribution in [0.25, 0.3) is 11.1 Å². The summed E-state index contributed by atoms with van der Waals surface area (Å²) >= 11 is 7.30. The summed E-state index contributed by atoms with van der Waals surface area (Å²) in [6, 6.07) is 14.8. The van der Waals surface area contributed by atoms with Crippen molar-refractivity contribution in [3.05, 3.63) is 70.1 Å². The first kappa shape index (κ1) is 21.9. The smallest absolute Gasteiger partial charge is 0.341 e. The number of aryl methyl sites for hydroxylation is 1. The molecule has 1 N–H and O–H groups in total. The van der Waals surface area contributed by atoms with Gasteiger partial charge in [0.1, 0.15) is 16.3 Å². The number of benzene rings is 2. The number of amides is 1. The Kier molecular flexibility index (Phi) is 7.49. The van der Waals surface area contributed by atoms with Crippen molar-refractivity contribution in [1.29, 1.82) is 0 Å². The third-order valence-electron chi connectivity index (χ3n) is 4.45. The molecule has 0 unspecified atom stereocenters. The lowest BCUT2D eigenvalue weighted by molar-refractivity contribution is -0.116. The largest absolute Gasteiger partial charge is 0.497 e. The van der Waals surface area contributed by atoms with Gasteiger partial charge in [0, 0.05) is 22.4 Å². The summed E-state index contributed by atoms with van der Waals surface area (Å²) in [6.07, 6.45) is 0.830. The first-order valence-corrected chi connectivity index (χ1v) is 10.7. The Morgan fingerprint density at radius 3 is 2.57 bits per heavy atom. The molecule has 156 valence electrons. The summed E-state index contributed by atoms with van der Waals surface area (Å²) in [7, 11) is 1.60. The molecule has 30 heavy (non-hydrogen) atoms. The maximum absolute atomic E-state index is 12.6. The molecule has 0 bridgehead atoms. The van der Waals surface area contributed by atoms with Crippen LogP contribution in [0.15, 0.2) is 53.9 Å². The standard InChI is InChI=1S/C23H22ClNO4S/c1-3-29-23(27)21-19(16-8-10-18(28-2)11-9-16)14-30-22(21)25-20(26)12-7-15-5-4-6-17(24)13-15/h4-6,8-11,13-14H,3,7,12H2,1-2H3,(H,25,26). The monoisotopic (exact) mass is 443 g/mol. The van der Waals surface area contributed by atoms with Crippen molar-refractivity contribution in [3.8, 4) is 16.9 Å². The molecule has 0 fully saturated rings. The molecular weight excluding hydrogens is 422 g/mol. The molecule has 0 aliphatic carbocycles. The van der Waals surface area contributed by atoms with E-state index in [1.54, 1.807) is 20.1 Å². The number of thiophene rings is 1. The number of carbonyl (C=O) groups is 2. The van der Waals surface area contributed by atoms with E-state index >= 15 is 0 Å².